The fraction of sp³-hybridized carbons (Fsp3) is 0.0556. The Morgan fingerprint density at radius 1 is 1.18 bits per heavy atom. The summed E-state index contributed by atoms with van der Waals surface area (Å²) in [5.41, 5.74) is 9.53. The topological polar surface area (TPSA) is 71.8 Å². The number of nitrogens with zero attached hydrogens (tertiary/aromatic N) is 1. The molecule has 22 heavy (non-hydrogen) atoms. The number of H-pyrrole nitrogens is 1. The molecule has 109 valence electrons. The smallest absolute Gasteiger partial charge is 0.251 e. The summed E-state index contributed by atoms with van der Waals surface area (Å²) >= 11 is 0. The highest BCUT2D eigenvalue weighted by Gasteiger charge is 2.16. The Balaban J connectivity index is 1.94. The maximum absolute atomic E-state index is 11.9. The molecule has 0 spiro atoms. The van der Waals surface area contributed by atoms with E-state index in [1.807, 2.05) is 61.3 Å². The van der Waals surface area contributed by atoms with Crippen molar-refractivity contribution in [2.75, 3.05) is 0 Å². The molecule has 0 aliphatic heterocycles. The number of carbonyl (C=O) groups excluding carboxylic acids is 1. The molecule has 4 nitrogen and oxygen atoms in total. The van der Waals surface area contributed by atoms with Gasteiger partial charge in [0.25, 0.3) is 5.91 Å². The summed E-state index contributed by atoms with van der Waals surface area (Å²) in [5, 5.41) is 0. The first-order chi connectivity index (χ1) is 10.8. The molecular formula is C18H16N3O. The van der Waals surface area contributed by atoms with E-state index in [1.54, 1.807) is 6.20 Å². The van der Waals surface area contributed by atoms with Crippen molar-refractivity contribution in [2.24, 2.45) is 5.73 Å². The van der Waals surface area contributed by atoms with Crippen molar-refractivity contribution in [1.29, 1.82) is 0 Å². The summed E-state index contributed by atoms with van der Waals surface area (Å²) < 4.78 is 0. The van der Waals surface area contributed by atoms with Crippen LogP contribution in [0.4, 0.5) is 0 Å². The van der Waals surface area contributed by atoms with E-state index in [2.05, 4.69) is 9.97 Å². The minimum Gasteiger partial charge on any atom is -0.367 e. The number of hydrogen-bond donors (Lipinski definition) is 2. The Kier molecular flexibility index (Phi) is 4.01. The van der Waals surface area contributed by atoms with Crippen molar-refractivity contribution >= 4 is 5.91 Å². The van der Waals surface area contributed by atoms with Gasteiger partial charge in [0.2, 0.25) is 0 Å². The van der Waals surface area contributed by atoms with E-state index in [-0.39, 0.29) is 0 Å². The molecule has 0 saturated carbocycles. The fourth-order valence-corrected chi connectivity index (χ4v) is 2.45. The molecule has 2 aromatic heterocycles. The highest BCUT2D eigenvalue weighted by molar-refractivity contribution is 6.01. The fourth-order valence-electron chi connectivity index (χ4n) is 2.45. The number of primary amides is 1. The largest absolute Gasteiger partial charge is 0.367 e. The molecule has 3 aromatic rings. The van der Waals surface area contributed by atoms with Crippen LogP contribution in [-0.4, -0.2) is 15.9 Å². The van der Waals surface area contributed by atoms with Crippen molar-refractivity contribution in [1.82, 2.24) is 9.97 Å². The number of benzene rings is 1. The maximum Gasteiger partial charge on any atom is 0.251 e. The minimum atomic E-state index is -0.469. The lowest BCUT2D eigenvalue weighted by Gasteiger charge is -2.10. The van der Waals surface area contributed by atoms with Crippen molar-refractivity contribution in [3.05, 3.63) is 84.3 Å². The SMILES string of the molecule is NC(=O)c1c(-c2cc[nH]c2)ccnc1[CH]Cc1ccccc1. The van der Waals surface area contributed by atoms with Crippen LogP contribution in [0.15, 0.2) is 61.1 Å². The third kappa shape index (κ3) is 2.91. The van der Waals surface area contributed by atoms with Gasteiger partial charge in [0.05, 0.1) is 11.3 Å². The number of nitrogens with one attached hydrogen (secondary N) is 1. The van der Waals surface area contributed by atoms with Gasteiger partial charge in [-0.25, -0.2) is 0 Å². The van der Waals surface area contributed by atoms with E-state index < -0.39 is 5.91 Å². The van der Waals surface area contributed by atoms with Gasteiger partial charge in [-0.2, -0.15) is 0 Å². The summed E-state index contributed by atoms with van der Waals surface area (Å²) in [6.45, 7) is 0. The lowest BCUT2D eigenvalue weighted by atomic mass is 9.97. The Bertz CT molecular complexity index is 764. The van der Waals surface area contributed by atoms with Gasteiger partial charge in [-0.3, -0.25) is 9.78 Å². The molecular weight excluding hydrogens is 274 g/mol. The first-order valence-corrected chi connectivity index (χ1v) is 7.05. The van der Waals surface area contributed by atoms with Gasteiger partial charge >= 0.3 is 0 Å². The second-order valence-electron chi connectivity index (χ2n) is 4.98. The minimum absolute atomic E-state index is 0.457. The Morgan fingerprint density at radius 3 is 2.68 bits per heavy atom. The second kappa shape index (κ2) is 6.26. The summed E-state index contributed by atoms with van der Waals surface area (Å²) in [6.07, 6.45) is 7.98. The van der Waals surface area contributed by atoms with Gasteiger partial charge in [-0.15, -0.1) is 0 Å². The number of hydrogen-bond acceptors (Lipinski definition) is 2. The van der Waals surface area contributed by atoms with Crippen molar-refractivity contribution in [2.45, 2.75) is 6.42 Å². The average molecular weight is 290 g/mol. The highest BCUT2D eigenvalue weighted by atomic mass is 16.1. The number of aromatic amines is 1. The molecule has 3 N–H and O–H groups in total. The van der Waals surface area contributed by atoms with E-state index in [9.17, 15) is 4.79 Å². The quantitative estimate of drug-likeness (QED) is 0.758. The molecule has 0 fully saturated rings. The lowest BCUT2D eigenvalue weighted by molar-refractivity contribution is 0.1000. The van der Waals surface area contributed by atoms with Crippen LogP contribution < -0.4 is 5.73 Å². The molecule has 3 rings (SSSR count). The molecule has 0 unspecified atom stereocenters. The predicted molar refractivity (Wildman–Crippen MR) is 86.1 cm³/mol. The summed E-state index contributed by atoms with van der Waals surface area (Å²) in [5.74, 6) is -0.469. The van der Waals surface area contributed by atoms with Gasteiger partial charge in [-0.1, -0.05) is 30.3 Å². The molecule has 0 saturated heterocycles. The van der Waals surface area contributed by atoms with Crippen LogP contribution in [0, 0.1) is 6.42 Å². The van der Waals surface area contributed by atoms with Crippen LogP contribution in [0.3, 0.4) is 0 Å². The van der Waals surface area contributed by atoms with Gasteiger partial charge in [0.1, 0.15) is 0 Å². The standard InChI is InChI=1S/C18H16N3O/c19-18(22)17-15(14-8-10-20-12-14)9-11-21-16(17)7-6-13-4-2-1-3-5-13/h1-5,7-12,20H,6H2,(H2,19,22). The second-order valence-corrected chi connectivity index (χ2v) is 4.98. The molecule has 1 aromatic carbocycles. The summed E-state index contributed by atoms with van der Waals surface area (Å²) in [7, 11) is 0. The van der Waals surface area contributed by atoms with E-state index in [1.165, 1.54) is 0 Å². The van der Waals surface area contributed by atoms with Gasteiger partial charge < -0.3 is 10.7 Å². The molecule has 0 bridgehead atoms. The first kappa shape index (κ1) is 14.1. The third-order valence-electron chi connectivity index (χ3n) is 3.51. The van der Waals surface area contributed by atoms with Gasteiger partial charge in [0, 0.05) is 30.6 Å². The zero-order chi connectivity index (χ0) is 15.4. The van der Waals surface area contributed by atoms with Crippen LogP contribution >= 0.6 is 0 Å². The van der Waals surface area contributed by atoms with Crippen LogP contribution in [0.2, 0.25) is 0 Å². The number of rotatable bonds is 5. The lowest BCUT2D eigenvalue weighted by Crippen LogP contribution is -2.16. The Hall–Kier alpha value is -2.88. The van der Waals surface area contributed by atoms with E-state index in [0.717, 1.165) is 16.7 Å². The molecule has 0 aliphatic carbocycles. The normalized spacial score (nSPS) is 10.5. The number of amides is 1. The first-order valence-electron chi connectivity index (χ1n) is 7.05. The van der Waals surface area contributed by atoms with Crippen LogP contribution in [0.5, 0.6) is 0 Å². The van der Waals surface area contributed by atoms with E-state index in [4.69, 9.17) is 5.73 Å². The number of nitrogens with two attached hydrogens (primary N) is 1. The van der Waals surface area contributed by atoms with Crippen molar-refractivity contribution in [3.8, 4) is 11.1 Å². The molecule has 4 heteroatoms. The number of aromatic nitrogens is 2. The average Bonchev–Trinajstić information content (AvgIpc) is 3.07. The van der Waals surface area contributed by atoms with Gasteiger partial charge in [-0.05, 0) is 29.7 Å². The monoisotopic (exact) mass is 290 g/mol. The third-order valence-corrected chi connectivity index (χ3v) is 3.51. The van der Waals surface area contributed by atoms with Crippen LogP contribution in [0.1, 0.15) is 21.6 Å². The van der Waals surface area contributed by atoms with Gasteiger partial charge in [0.15, 0.2) is 0 Å². The van der Waals surface area contributed by atoms with Crippen LogP contribution in [-0.2, 0) is 6.42 Å². The molecule has 1 amide bonds. The molecule has 1 radical (unpaired) electrons. The van der Waals surface area contributed by atoms with Crippen LogP contribution in [0.25, 0.3) is 11.1 Å². The summed E-state index contributed by atoms with van der Waals surface area (Å²) in [4.78, 5) is 19.2. The molecule has 0 aliphatic rings. The van der Waals surface area contributed by atoms with E-state index in [0.29, 0.717) is 17.7 Å². The van der Waals surface area contributed by atoms with E-state index >= 15 is 0 Å². The molecule has 2 heterocycles. The Morgan fingerprint density at radius 2 is 2.00 bits per heavy atom. The summed E-state index contributed by atoms with van der Waals surface area (Å²) in [6, 6.07) is 13.7. The Labute approximate surface area is 129 Å². The maximum atomic E-state index is 11.9. The van der Waals surface area contributed by atoms with Crippen molar-refractivity contribution in [3.63, 3.8) is 0 Å². The number of carbonyl (C=O) groups is 1. The zero-order valence-electron chi connectivity index (χ0n) is 12.0. The predicted octanol–water partition coefficient (Wildman–Crippen LogP) is 2.97. The van der Waals surface area contributed by atoms with Crippen molar-refractivity contribution < 1.29 is 4.79 Å². The zero-order valence-corrected chi connectivity index (χ0v) is 12.0. The highest BCUT2D eigenvalue weighted by Crippen LogP contribution is 2.25. The number of pyridine rings is 1. The molecule has 0 atom stereocenters.